The lowest BCUT2D eigenvalue weighted by Gasteiger charge is -2.36. The van der Waals surface area contributed by atoms with Gasteiger partial charge in [0.1, 0.15) is 5.82 Å². The topological polar surface area (TPSA) is 87.9 Å². The van der Waals surface area contributed by atoms with Crippen LogP contribution in [-0.2, 0) is 11.3 Å². The van der Waals surface area contributed by atoms with Crippen molar-refractivity contribution in [2.24, 2.45) is 11.1 Å². The second kappa shape index (κ2) is 6.35. The maximum Gasteiger partial charge on any atom is 0.223 e. The predicted octanol–water partition coefficient (Wildman–Crippen LogP) is 1.37. The smallest absolute Gasteiger partial charge is 0.223 e. The number of aromatic amines is 1. The van der Waals surface area contributed by atoms with Gasteiger partial charge < -0.3 is 10.6 Å². The molecular formula is C14H25N5O. The number of H-pyrrole nitrogens is 1. The molecule has 20 heavy (non-hydrogen) atoms. The van der Waals surface area contributed by atoms with E-state index < -0.39 is 0 Å². The van der Waals surface area contributed by atoms with Crippen molar-refractivity contribution in [3.05, 3.63) is 11.6 Å². The molecule has 0 radical (unpaired) electrons. The molecule has 1 heterocycles. The highest BCUT2D eigenvalue weighted by Crippen LogP contribution is 2.38. The molecule has 6 heteroatoms. The minimum atomic E-state index is 0.0124. The first-order valence-electron chi connectivity index (χ1n) is 7.37. The number of amides is 1. The van der Waals surface area contributed by atoms with E-state index in [4.69, 9.17) is 5.73 Å². The molecule has 1 aliphatic rings. The van der Waals surface area contributed by atoms with Crippen LogP contribution in [0.1, 0.15) is 50.2 Å². The molecule has 0 spiro atoms. The van der Waals surface area contributed by atoms with Crippen molar-refractivity contribution in [2.75, 3.05) is 13.6 Å². The van der Waals surface area contributed by atoms with Crippen molar-refractivity contribution in [2.45, 2.75) is 52.0 Å². The first-order valence-corrected chi connectivity index (χ1v) is 7.37. The van der Waals surface area contributed by atoms with E-state index in [-0.39, 0.29) is 11.3 Å². The molecule has 1 amide bonds. The first kappa shape index (κ1) is 15.0. The molecule has 0 unspecified atom stereocenters. The third-order valence-electron chi connectivity index (χ3n) is 4.32. The Morgan fingerprint density at radius 1 is 1.40 bits per heavy atom. The largest absolute Gasteiger partial charge is 0.338 e. The molecule has 0 atom stereocenters. The van der Waals surface area contributed by atoms with Gasteiger partial charge in [0.2, 0.25) is 5.91 Å². The Labute approximate surface area is 120 Å². The zero-order valence-electron chi connectivity index (χ0n) is 12.5. The van der Waals surface area contributed by atoms with E-state index in [1.807, 2.05) is 6.92 Å². The summed E-state index contributed by atoms with van der Waals surface area (Å²) in [6, 6.07) is 0. The standard InChI is InChI=1S/C14H25N5O/c1-11-16-12(18-17-11)9-19(2)13(20)8-14(10-15)6-4-3-5-7-14/h3-10,15H2,1-2H3,(H,16,17,18). The summed E-state index contributed by atoms with van der Waals surface area (Å²) < 4.78 is 0. The molecule has 1 aliphatic carbocycles. The zero-order chi connectivity index (χ0) is 14.6. The molecule has 6 nitrogen and oxygen atoms in total. The third-order valence-corrected chi connectivity index (χ3v) is 4.32. The Morgan fingerprint density at radius 2 is 2.10 bits per heavy atom. The fourth-order valence-electron chi connectivity index (χ4n) is 2.97. The van der Waals surface area contributed by atoms with E-state index >= 15 is 0 Å². The van der Waals surface area contributed by atoms with Gasteiger partial charge in [0.05, 0.1) is 6.54 Å². The highest BCUT2D eigenvalue weighted by atomic mass is 16.2. The molecular weight excluding hydrogens is 254 g/mol. The second-order valence-electron chi connectivity index (χ2n) is 6.03. The predicted molar refractivity (Wildman–Crippen MR) is 76.8 cm³/mol. The Morgan fingerprint density at radius 3 is 2.65 bits per heavy atom. The van der Waals surface area contributed by atoms with Gasteiger partial charge in [0.15, 0.2) is 5.82 Å². The summed E-state index contributed by atoms with van der Waals surface area (Å²) in [5.41, 5.74) is 5.95. The average Bonchev–Trinajstić information content (AvgIpc) is 2.85. The van der Waals surface area contributed by atoms with Crippen LogP contribution in [0.2, 0.25) is 0 Å². The van der Waals surface area contributed by atoms with Crippen LogP contribution in [0.25, 0.3) is 0 Å². The monoisotopic (exact) mass is 279 g/mol. The van der Waals surface area contributed by atoms with E-state index in [1.165, 1.54) is 19.3 Å². The zero-order valence-corrected chi connectivity index (χ0v) is 12.5. The summed E-state index contributed by atoms with van der Waals surface area (Å²) in [6.07, 6.45) is 6.33. The average molecular weight is 279 g/mol. The highest BCUT2D eigenvalue weighted by molar-refractivity contribution is 5.76. The van der Waals surface area contributed by atoms with Crippen LogP contribution >= 0.6 is 0 Å². The number of aryl methyl sites for hydroxylation is 1. The van der Waals surface area contributed by atoms with Gasteiger partial charge in [-0.15, -0.1) is 0 Å². The van der Waals surface area contributed by atoms with Crippen LogP contribution in [0, 0.1) is 12.3 Å². The van der Waals surface area contributed by atoms with E-state index in [0.717, 1.165) is 18.7 Å². The molecule has 0 aromatic carbocycles. The van der Waals surface area contributed by atoms with Crippen LogP contribution in [-0.4, -0.2) is 39.6 Å². The van der Waals surface area contributed by atoms with Crippen molar-refractivity contribution in [3.8, 4) is 0 Å². The first-order chi connectivity index (χ1) is 9.54. The van der Waals surface area contributed by atoms with E-state index in [1.54, 1.807) is 11.9 Å². The Balaban J connectivity index is 1.92. The van der Waals surface area contributed by atoms with Crippen LogP contribution < -0.4 is 5.73 Å². The maximum atomic E-state index is 12.4. The summed E-state index contributed by atoms with van der Waals surface area (Å²) in [7, 11) is 1.81. The van der Waals surface area contributed by atoms with Crippen molar-refractivity contribution in [1.29, 1.82) is 0 Å². The van der Waals surface area contributed by atoms with Gasteiger partial charge in [-0.3, -0.25) is 9.89 Å². The highest BCUT2D eigenvalue weighted by Gasteiger charge is 2.33. The maximum absolute atomic E-state index is 12.4. The minimum absolute atomic E-state index is 0.0124. The Hall–Kier alpha value is -1.43. The molecule has 2 rings (SSSR count). The van der Waals surface area contributed by atoms with Crippen LogP contribution in [0.4, 0.5) is 0 Å². The number of nitrogens with zero attached hydrogens (tertiary/aromatic N) is 3. The number of hydrogen-bond donors (Lipinski definition) is 2. The van der Waals surface area contributed by atoms with Crippen LogP contribution in [0.3, 0.4) is 0 Å². The SMILES string of the molecule is Cc1nc(CN(C)C(=O)CC2(CN)CCCCC2)n[nH]1. The van der Waals surface area contributed by atoms with Crippen molar-refractivity contribution >= 4 is 5.91 Å². The van der Waals surface area contributed by atoms with Gasteiger partial charge in [-0.1, -0.05) is 19.3 Å². The Bertz CT molecular complexity index is 450. The summed E-state index contributed by atoms with van der Waals surface area (Å²) in [5.74, 6) is 1.56. The number of nitrogens with one attached hydrogen (secondary N) is 1. The lowest BCUT2D eigenvalue weighted by molar-refractivity contribution is -0.133. The number of carbonyl (C=O) groups is 1. The minimum Gasteiger partial charge on any atom is -0.338 e. The molecule has 0 saturated heterocycles. The van der Waals surface area contributed by atoms with Gasteiger partial charge in [-0.05, 0) is 31.7 Å². The molecule has 3 N–H and O–H groups in total. The van der Waals surface area contributed by atoms with Crippen molar-refractivity contribution in [1.82, 2.24) is 20.1 Å². The van der Waals surface area contributed by atoms with Gasteiger partial charge >= 0.3 is 0 Å². The quantitative estimate of drug-likeness (QED) is 0.852. The molecule has 1 fully saturated rings. The van der Waals surface area contributed by atoms with E-state index in [0.29, 0.717) is 25.3 Å². The molecule has 1 saturated carbocycles. The number of carbonyl (C=O) groups excluding carboxylic acids is 1. The summed E-state index contributed by atoms with van der Waals surface area (Å²) in [5, 5.41) is 6.86. The normalized spacial score (nSPS) is 17.9. The number of hydrogen-bond acceptors (Lipinski definition) is 4. The molecule has 1 aromatic rings. The van der Waals surface area contributed by atoms with Crippen molar-refractivity contribution in [3.63, 3.8) is 0 Å². The van der Waals surface area contributed by atoms with Gasteiger partial charge in [-0.25, -0.2) is 4.98 Å². The third kappa shape index (κ3) is 3.56. The number of nitrogens with two attached hydrogens (primary N) is 1. The lowest BCUT2D eigenvalue weighted by atomic mass is 9.71. The van der Waals surface area contributed by atoms with Crippen LogP contribution in [0.5, 0.6) is 0 Å². The van der Waals surface area contributed by atoms with Crippen LogP contribution in [0.15, 0.2) is 0 Å². The van der Waals surface area contributed by atoms with E-state index in [2.05, 4.69) is 15.2 Å². The number of aromatic nitrogens is 3. The molecule has 1 aromatic heterocycles. The van der Waals surface area contributed by atoms with Gasteiger partial charge in [0.25, 0.3) is 0 Å². The fraction of sp³-hybridized carbons (Fsp3) is 0.786. The van der Waals surface area contributed by atoms with Gasteiger partial charge in [0, 0.05) is 13.5 Å². The summed E-state index contributed by atoms with van der Waals surface area (Å²) >= 11 is 0. The summed E-state index contributed by atoms with van der Waals surface area (Å²) in [6.45, 7) is 2.90. The Kier molecular flexibility index (Phi) is 4.75. The molecule has 0 aliphatic heterocycles. The molecule has 0 bridgehead atoms. The molecule has 112 valence electrons. The van der Waals surface area contributed by atoms with Gasteiger partial charge in [-0.2, -0.15) is 5.10 Å². The summed E-state index contributed by atoms with van der Waals surface area (Å²) in [4.78, 5) is 18.3. The van der Waals surface area contributed by atoms with E-state index in [9.17, 15) is 4.79 Å². The lowest BCUT2D eigenvalue weighted by Crippen LogP contribution is -2.39. The van der Waals surface area contributed by atoms with Crippen molar-refractivity contribution < 1.29 is 4.79 Å². The second-order valence-corrected chi connectivity index (χ2v) is 6.03. The number of rotatable bonds is 5. The fourth-order valence-corrected chi connectivity index (χ4v) is 2.97.